The van der Waals surface area contributed by atoms with Crippen molar-refractivity contribution >= 4 is 5.69 Å². The van der Waals surface area contributed by atoms with Crippen LogP contribution in [0.3, 0.4) is 0 Å². The molecule has 1 aromatic rings. The molecule has 3 N–H and O–H groups in total. The normalized spacial score (nSPS) is 26.5. The van der Waals surface area contributed by atoms with Crippen LogP contribution in [0.15, 0.2) is 24.3 Å². The Labute approximate surface area is 88.6 Å². The number of aliphatic hydroxyl groups is 1. The summed E-state index contributed by atoms with van der Waals surface area (Å²) in [5.41, 5.74) is 7.41. The lowest BCUT2D eigenvalue weighted by atomic mass is 10.0. The Morgan fingerprint density at radius 3 is 2.73 bits per heavy atom. The fourth-order valence-corrected chi connectivity index (χ4v) is 1.78. The van der Waals surface area contributed by atoms with Gasteiger partial charge >= 0.3 is 0 Å². The van der Waals surface area contributed by atoms with Crippen molar-refractivity contribution in [3.05, 3.63) is 29.8 Å². The molecule has 82 valence electrons. The molecule has 0 unspecified atom stereocenters. The largest absolute Gasteiger partial charge is 0.398 e. The molecular weight excluding hydrogens is 194 g/mol. The van der Waals surface area contributed by atoms with Gasteiger partial charge < -0.3 is 20.3 Å². The summed E-state index contributed by atoms with van der Waals surface area (Å²) in [6.07, 6.45) is -0.576. The zero-order valence-corrected chi connectivity index (χ0v) is 8.43. The summed E-state index contributed by atoms with van der Waals surface area (Å²) in [4.78, 5) is 0. The topological polar surface area (TPSA) is 64.7 Å². The van der Waals surface area contributed by atoms with Gasteiger partial charge in [0.05, 0.1) is 19.8 Å². The van der Waals surface area contributed by atoms with Crippen molar-refractivity contribution in [3.63, 3.8) is 0 Å². The quantitative estimate of drug-likeness (QED) is 0.704. The summed E-state index contributed by atoms with van der Waals surface area (Å²) in [6, 6.07) is 7.49. The molecule has 0 aliphatic carbocycles. The van der Waals surface area contributed by atoms with Crippen LogP contribution in [-0.2, 0) is 9.47 Å². The Bertz CT molecular complexity index is 329. The van der Waals surface area contributed by atoms with Gasteiger partial charge in [-0.25, -0.2) is 0 Å². The SMILES string of the molecule is Nc1ccccc1[C@H]1OCCO[C@@H]1CO. The van der Waals surface area contributed by atoms with Gasteiger partial charge in [0.25, 0.3) is 0 Å². The maximum Gasteiger partial charge on any atom is 0.113 e. The molecule has 0 spiro atoms. The lowest BCUT2D eigenvalue weighted by Crippen LogP contribution is -2.35. The van der Waals surface area contributed by atoms with Crippen LogP contribution in [0.4, 0.5) is 5.69 Å². The Hall–Kier alpha value is -1.10. The fraction of sp³-hybridized carbons (Fsp3) is 0.455. The number of anilines is 1. The average molecular weight is 209 g/mol. The minimum atomic E-state index is -0.316. The molecule has 15 heavy (non-hydrogen) atoms. The molecule has 4 heteroatoms. The van der Waals surface area contributed by atoms with Gasteiger partial charge in [0, 0.05) is 11.3 Å². The summed E-state index contributed by atoms with van der Waals surface area (Å²) in [5.74, 6) is 0. The van der Waals surface area contributed by atoms with Crippen LogP contribution in [0, 0.1) is 0 Å². The molecular formula is C11H15NO3. The molecule has 1 aliphatic heterocycles. The average Bonchev–Trinajstić information content (AvgIpc) is 2.30. The van der Waals surface area contributed by atoms with Crippen molar-refractivity contribution in [3.8, 4) is 0 Å². The van der Waals surface area contributed by atoms with E-state index in [4.69, 9.17) is 20.3 Å². The minimum absolute atomic E-state index is 0.0565. The van der Waals surface area contributed by atoms with E-state index in [-0.39, 0.29) is 18.8 Å². The highest BCUT2D eigenvalue weighted by atomic mass is 16.6. The van der Waals surface area contributed by atoms with Crippen LogP contribution in [-0.4, -0.2) is 31.0 Å². The molecule has 1 aliphatic rings. The van der Waals surface area contributed by atoms with Gasteiger partial charge in [0.2, 0.25) is 0 Å². The number of benzene rings is 1. The Balaban J connectivity index is 2.24. The van der Waals surface area contributed by atoms with E-state index in [1.807, 2.05) is 24.3 Å². The number of nitrogens with two attached hydrogens (primary N) is 1. The monoisotopic (exact) mass is 209 g/mol. The number of ether oxygens (including phenoxy) is 2. The third-order valence-corrected chi connectivity index (χ3v) is 2.53. The highest BCUT2D eigenvalue weighted by Gasteiger charge is 2.28. The smallest absolute Gasteiger partial charge is 0.113 e. The molecule has 0 aromatic heterocycles. The third kappa shape index (κ3) is 2.12. The molecule has 1 aromatic carbocycles. The standard InChI is InChI=1S/C11H15NO3/c12-9-4-2-1-3-8(9)11-10(7-13)14-5-6-15-11/h1-4,10-11,13H,5-7,12H2/t10-,11-/m1/s1. The van der Waals surface area contributed by atoms with E-state index in [0.717, 1.165) is 5.56 Å². The molecule has 2 rings (SSSR count). The van der Waals surface area contributed by atoms with Crippen molar-refractivity contribution < 1.29 is 14.6 Å². The summed E-state index contributed by atoms with van der Waals surface area (Å²) in [5, 5.41) is 9.17. The van der Waals surface area contributed by atoms with Crippen molar-refractivity contribution in [2.24, 2.45) is 0 Å². The summed E-state index contributed by atoms with van der Waals surface area (Å²) < 4.78 is 11.0. The Morgan fingerprint density at radius 2 is 2.00 bits per heavy atom. The van der Waals surface area contributed by atoms with Crippen LogP contribution in [0.25, 0.3) is 0 Å². The molecule has 4 nitrogen and oxygen atoms in total. The lowest BCUT2D eigenvalue weighted by Gasteiger charge is -2.31. The van der Waals surface area contributed by atoms with Gasteiger partial charge in [0.1, 0.15) is 12.2 Å². The maximum atomic E-state index is 9.17. The van der Waals surface area contributed by atoms with Crippen LogP contribution < -0.4 is 5.73 Å². The molecule has 2 atom stereocenters. The molecule has 1 heterocycles. The van der Waals surface area contributed by atoms with Crippen molar-refractivity contribution in [1.82, 2.24) is 0 Å². The van der Waals surface area contributed by atoms with Gasteiger partial charge in [-0.05, 0) is 6.07 Å². The zero-order chi connectivity index (χ0) is 10.7. The summed E-state index contributed by atoms with van der Waals surface area (Å²) in [6.45, 7) is 1.00. The number of aliphatic hydroxyl groups excluding tert-OH is 1. The number of rotatable bonds is 2. The van der Waals surface area contributed by atoms with E-state index < -0.39 is 0 Å². The predicted octanol–water partition coefficient (Wildman–Crippen LogP) is 0.718. The van der Waals surface area contributed by atoms with Gasteiger partial charge in [-0.3, -0.25) is 0 Å². The third-order valence-electron chi connectivity index (χ3n) is 2.53. The number of para-hydroxylation sites is 1. The first kappa shape index (κ1) is 10.4. The second-order valence-corrected chi connectivity index (χ2v) is 3.51. The number of hydrogen-bond donors (Lipinski definition) is 2. The van der Waals surface area contributed by atoms with E-state index in [1.165, 1.54) is 0 Å². The molecule has 0 radical (unpaired) electrons. The van der Waals surface area contributed by atoms with Gasteiger partial charge in [-0.2, -0.15) is 0 Å². The Morgan fingerprint density at radius 1 is 1.27 bits per heavy atom. The van der Waals surface area contributed by atoms with Crippen molar-refractivity contribution in [1.29, 1.82) is 0 Å². The predicted molar refractivity (Wildman–Crippen MR) is 56.4 cm³/mol. The lowest BCUT2D eigenvalue weighted by molar-refractivity contribution is -0.155. The molecule has 0 saturated carbocycles. The van der Waals surface area contributed by atoms with E-state index >= 15 is 0 Å². The number of nitrogen functional groups attached to an aromatic ring is 1. The highest BCUT2D eigenvalue weighted by molar-refractivity contribution is 5.48. The maximum absolute atomic E-state index is 9.17. The van der Waals surface area contributed by atoms with Crippen LogP contribution in [0.5, 0.6) is 0 Å². The summed E-state index contributed by atoms with van der Waals surface area (Å²) >= 11 is 0. The second kappa shape index (κ2) is 4.61. The van der Waals surface area contributed by atoms with E-state index in [2.05, 4.69) is 0 Å². The van der Waals surface area contributed by atoms with Crippen molar-refractivity contribution in [2.45, 2.75) is 12.2 Å². The first-order valence-corrected chi connectivity index (χ1v) is 5.01. The second-order valence-electron chi connectivity index (χ2n) is 3.51. The molecule has 1 saturated heterocycles. The van der Waals surface area contributed by atoms with Crippen LogP contribution in [0.2, 0.25) is 0 Å². The van der Waals surface area contributed by atoms with Gasteiger partial charge in [-0.1, -0.05) is 18.2 Å². The highest BCUT2D eigenvalue weighted by Crippen LogP contribution is 2.30. The summed E-state index contributed by atoms with van der Waals surface area (Å²) in [7, 11) is 0. The Kier molecular flexibility index (Phi) is 3.20. The molecule has 0 bridgehead atoms. The van der Waals surface area contributed by atoms with E-state index in [1.54, 1.807) is 0 Å². The van der Waals surface area contributed by atoms with Crippen LogP contribution >= 0.6 is 0 Å². The fourth-order valence-electron chi connectivity index (χ4n) is 1.78. The van der Waals surface area contributed by atoms with Crippen LogP contribution in [0.1, 0.15) is 11.7 Å². The first-order chi connectivity index (χ1) is 7.33. The van der Waals surface area contributed by atoms with Gasteiger partial charge in [-0.15, -0.1) is 0 Å². The number of hydrogen-bond acceptors (Lipinski definition) is 4. The zero-order valence-electron chi connectivity index (χ0n) is 8.43. The molecule has 0 amide bonds. The van der Waals surface area contributed by atoms with Crippen molar-refractivity contribution in [2.75, 3.05) is 25.6 Å². The van der Waals surface area contributed by atoms with E-state index in [9.17, 15) is 0 Å². The van der Waals surface area contributed by atoms with E-state index in [0.29, 0.717) is 18.9 Å². The first-order valence-electron chi connectivity index (χ1n) is 5.01. The van der Waals surface area contributed by atoms with Gasteiger partial charge in [0.15, 0.2) is 0 Å². The minimum Gasteiger partial charge on any atom is -0.398 e. The molecule has 1 fully saturated rings.